The Labute approximate surface area is 141 Å². The number of likely N-dealkylation sites (N-methyl/N-ethyl adjacent to an activating group) is 1. The lowest BCUT2D eigenvalue weighted by Gasteiger charge is -2.29. The number of rotatable bonds is 3. The van der Waals surface area contributed by atoms with E-state index < -0.39 is 11.7 Å². The average molecular weight is 380 g/mol. The van der Waals surface area contributed by atoms with Gasteiger partial charge in [-0.3, -0.25) is 4.79 Å². The van der Waals surface area contributed by atoms with Crippen molar-refractivity contribution in [2.75, 3.05) is 20.2 Å². The lowest BCUT2D eigenvalue weighted by Crippen LogP contribution is -2.42. The van der Waals surface area contributed by atoms with Gasteiger partial charge in [-0.1, -0.05) is 28.1 Å². The van der Waals surface area contributed by atoms with E-state index in [9.17, 15) is 9.18 Å². The summed E-state index contributed by atoms with van der Waals surface area (Å²) in [7, 11) is 1.62. The zero-order valence-electron chi connectivity index (χ0n) is 12.5. The zero-order chi connectivity index (χ0) is 16.4. The third-order valence-electron chi connectivity index (χ3n) is 3.55. The van der Waals surface area contributed by atoms with Crippen molar-refractivity contribution < 1.29 is 18.7 Å². The summed E-state index contributed by atoms with van der Waals surface area (Å²) < 4.78 is 25.9. The minimum atomic E-state index is -0.545. The number of nitrogens with zero attached hydrogens (tertiary/aromatic N) is 1. The molecule has 1 aliphatic heterocycles. The fourth-order valence-electron chi connectivity index (χ4n) is 2.41. The highest BCUT2D eigenvalue weighted by Crippen LogP contribution is 2.31. The first-order chi connectivity index (χ1) is 11.0. The second-order valence-electron chi connectivity index (χ2n) is 5.31. The Morgan fingerprint density at radius 2 is 2.04 bits per heavy atom. The fourth-order valence-corrected chi connectivity index (χ4v) is 2.77. The van der Waals surface area contributed by atoms with Crippen LogP contribution in [0.4, 0.5) is 4.39 Å². The molecule has 0 aliphatic carbocycles. The Morgan fingerprint density at radius 3 is 2.83 bits per heavy atom. The van der Waals surface area contributed by atoms with E-state index >= 15 is 0 Å². The number of hydrogen-bond acceptors (Lipinski definition) is 3. The predicted molar refractivity (Wildman–Crippen MR) is 87.4 cm³/mol. The molecule has 0 spiro atoms. The highest BCUT2D eigenvalue weighted by Gasteiger charge is 2.25. The third-order valence-corrected chi connectivity index (χ3v) is 4.04. The van der Waals surface area contributed by atoms with E-state index in [-0.39, 0.29) is 11.7 Å². The summed E-state index contributed by atoms with van der Waals surface area (Å²) in [5.41, 5.74) is 0.0269. The van der Waals surface area contributed by atoms with Crippen LogP contribution in [0.5, 0.6) is 11.5 Å². The number of ether oxygens (including phenoxy) is 2. The molecular weight excluding hydrogens is 365 g/mol. The van der Waals surface area contributed by atoms with Gasteiger partial charge in [0.2, 0.25) is 0 Å². The maximum atomic E-state index is 13.8. The lowest BCUT2D eigenvalue weighted by atomic mass is 10.2. The molecule has 1 aliphatic rings. The van der Waals surface area contributed by atoms with E-state index in [1.54, 1.807) is 13.1 Å². The van der Waals surface area contributed by atoms with Gasteiger partial charge in [-0.15, -0.1) is 0 Å². The molecular formula is C17H15BrFNO3. The number of fused-ring (bicyclic) bond motifs is 1. The summed E-state index contributed by atoms with van der Waals surface area (Å²) in [5, 5.41) is 0. The molecule has 0 radical (unpaired) electrons. The van der Waals surface area contributed by atoms with E-state index in [1.807, 2.05) is 24.3 Å². The summed E-state index contributed by atoms with van der Waals surface area (Å²) in [6, 6.07) is 11.7. The van der Waals surface area contributed by atoms with Gasteiger partial charge in [0.05, 0.1) is 12.1 Å². The van der Waals surface area contributed by atoms with Crippen LogP contribution in [0.25, 0.3) is 0 Å². The molecule has 3 rings (SSSR count). The second-order valence-corrected chi connectivity index (χ2v) is 6.22. The summed E-state index contributed by atoms with van der Waals surface area (Å²) in [6.07, 6.45) is -0.297. The molecule has 6 heteroatoms. The average Bonchev–Trinajstić information content (AvgIpc) is 2.56. The molecule has 1 atom stereocenters. The number of benzene rings is 2. The van der Waals surface area contributed by atoms with Crippen molar-refractivity contribution in [1.29, 1.82) is 0 Å². The molecule has 0 bridgehead atoms. The van der Waals surface area contributed by atoms with Crippen LogP contribution in [0.15, 0.2) is 46.9 Å². The van der Waals surface area contributed by atoms with Crippen LogP contribution in [0, 0.1) is 5.82 Å². The van der Waals surface area contributed by atoms with Gasteiger partial charge in [-0.2, -0.15) is 0 Å². The maximum absolute atomic E-state index is 13.8. The van der Waals surface area contributed by atoms with Gasteiger partial charge in [-0.25, -0.2) is 4.39 Å². The van der Waals surface area contributed by atoms with Crippen LogP contribution >= 0.6 is 15.9 Å². The highest BCUT2D eigenvalue weighted by molar-refractivity contribution is 9.10. The molecule has 0 saturated carbocycles. The highest BCUT2D eigenvalue weighted by atomic mass is 79.9. The summed E-state index contributed by atoms with van der Waals surface area (Å²) in [6.45, 7) is 0.648. The minimum Gasteiger partial charge on any atom is -0.486 e. The lowest BCUT2D eigenvalue weighted by molar-refractivity contribution is 0.0518. The number of carbonyl (C=O) groups excluding carboxylic acids is 1. The summed E-state index contributed by atoms with van der Waals surface area (Å²) >= 11 is 3.25. The monoisotopic (exact) mass is 379 g/mol. The third kappa shape index (κ3) is 3.47. The molecule has 0 unspecified atom stereocenters. The smallest absolute Gasteiger partial charge is 0.256 e. The summed E-state index contributed by atoms with van der Waals surface area (Å²) in [4.78, 5) is 13.8. The zero-order valence-corrected chi connectivity index (χ0v) is 14.0. The molecule has 1 heterocycles. The van der Waals surface area contributed by atoms with E-state index in [4.69, 9.17) is 9.47 Å². The number of amides is 1. The first kappa shape index (κ1) is 15.8. The number of halogens is 2. The Hall–Kier alpha value is -2.08. The van der Waals surface area contributed by atoms with Gasteiger partial charge in [0.25, 0.3) is 5.91 Å². The number of para-hydroxylation sites is 2. The molecule has 2 aromatic rings. The van der Waals surface area contributed by atoms with Crippen molar-refractivity contribution >= 4 is 21.8 Å². The second kappa shape index (κ2) is 6.58. The SMILES string of the molecule is CN(C[C@@H]1COc2ccccc2O1)C(=O)c1cc(Br)ccc1F. The van der Waals surface area contributed by atoms with Crippen LogP contribution in [-0.2, 0) is 0 Å². The fraction of sp³-hybridized carbons (Fsp3) is 0.235. The normalized spacial score (nSPS) is 16.0. The molecule has 4 nitrogen and oxygen atoms in total. The summed E-state index contributed by atoms with van der Waals surface area (Å²) in [5.74, 6) is 0.400. The van der Waals surface area contributed by atoms with E-state index in [1.165, 1.54) is 17.0 Å². The van der Waals surface area contributed by atoms with E-state index in [0.717, 1.165) is 0 Å². The van der Waals surface area contributed by atoms with Crippen LogP contribution in [0.1, 0.15) is 10.4 Å². The van der Waals surface area contributed by atoms with Gasteiger partial charge >= 0.3 is 0 Å². The number of hydrogen-bond donors (Lipinski definition) is 0. The van der Waals surface area contributed by atoms with Crippen molar-refractivity contribution in [2.45, 2.75) is 6.10 Å². The van der Waals surface area contributed by atoms with Gasteiger partial charge < -0.3 is 14.4 Å². The van der Waals surface area contributed by atoms with Crippen molar-refractivity contribution in [3.63, 3.8) is 0 Å². The van der Waals surface area contributed by atoms with Crippen LogP contribution in [0.2, 0.25) is 0 Å². The largest absolute Gasteiger partial charge is 0.486 e. The van der Waals surface area contributed by atoms with Gasteiger partial charge in [0.15, 0.2) is 17.6 Å². The van der Waals surface area contributed by atoms with Crippen molar-refractivity contribution in [2.24, 2.45) is 0 Å². The van der Waals surface area contributed by atoms with Crippen molar-refractivity contribution in [3.8, 4) is 11.5 Å². The predicted octanol–water partition coefficient (Wildman–Crippen LogP) is 3.50. The Morgan fingerprint density at radius 1 is 1.30 bits per heavy atom. The van der Waals surface area contributed by atoms with Crippen LogP contribution in [-0.4, -0.2) is 37.1 Å². The Kier molecular flexibility index (Phi) is 4.52. The molecule has 0 N–H and O–H groups in total. The van der Waals surface area contributed by atoms with Gasteiger partial charge in [-0.05, 0) is 30.3 Å². The molecule has 1 amide bonds. The molecule has 0 saturated heterocycles. The first-order valence-corrected chi connectivity index (χ1v) is 7.93. The quantitative estimate of drug-likeness (QED) is 0.818. The Bertz CT molecular complexity index is 738. The molecule has 0 fully saturated rings. The molecule has 120 valence electrons. The van der Waals surface area contributed by atoms with Crippen LogP contribution in [0.3, 0.4) is 0 Å². The maximum Gasteiger partial charge on any atom is 0.256 e. The molecule has 23 heavy (non-hydrogen) atoms. The van der Waals surface area contributed by atoms with Crippen molar-refractivity contribution in [3.05, 3.63) is 58.3 Å². The van der Waals surface area contributed by atoms with E-state index in [0.29, 0.717) is 29.1 Å². The topological polar surface area (TPSA) is 38.8 Å². The first-order valence-electron chi connectivity index (χ1n) is 7.13. The van der Waals surface area contributed by atoms with Gasteiger partial charge in [0.1, 0.15) is 12.4 Å². The van der Waals surface area contributed by atoms with Crippen LogP contribution < -0.4 is 9.47 Å². The Balaban J connectivity index is 1.69. The molecule has 2 aromatic carbocycles. The molecule has 0 aromatic heterocycles. The van der Waals surface area contributed by atoms with Gasteiger partial charge in [0, 0.05) is 11.5 Å². The van der Waals surface area contributed by atoms with Crippen molar-refractivity contribution in [1.82, 2.24) is 4.90 Å². The van der Waals surface area contributed by atoms with E-state index in [2.05, 4.69) is 15.9 Å². The number of carbonyl (C=O) groups is 1. The minimum absolute atomic E-state index is 0.0269. The standard InChI is InChI=1S/C17H15BrFNO3/c1-20(17(21)13-8-11(18)6-7-14(13)19)9-12-10-22-15-4-2-3-5-16(15)23-12/h2-8,12H,9-10H2,1H3/t12-/m1/s1.